The molecule has 1 aliphatic rings. The summed E-state index contributed by atoms with van der Waals surface area (Å²) in [6, 6.07) is 1.53. The van der Waals surface area contributed by atoms with E-state index in [9.17, 15) is 5.11 Å². The molecule has 2 nitrogen and oxygen atoms in total. The normalized spacial score (nSPS) is 20.4. The Balaban J connectivity index is 2.63. The number of ether oxygens (including phenoxy) is 1. The number of fused-ring (bicyclic) bond motifs is 1. The van der Waals surface area contributed by atoms with Gasteiger partial charge in [-0.25, -0.2) is 0 Å². The van der Waals surface area contributed by atoms with Gasteiger partial charge in [-0.15, -0.1) is 0 Å². The van der Waals surface area contributed by atoms with Crippen molar-refractivity contribution >= 4 is 34.8 Å². The molecule has 0 aromatic heterocycles. The Morgan fingerprint density at radius 2 is 2.00 bits per heavy atom. The van der Waals surface area contributed by atoms with Crippen molar-refractivity contribution in [3.63, 3.8) is 0 Å². The van der Waals surface area contributed by atoms with Gasteiger partial charge < -0.3 is 9.84 Å². The quantitative estimate of drug-likeness (QED) is 0.724. The van der Waals surface area contributed by atoms with Crippen LogP contribution in [-0.4, -0.2) is 11.7 Å². The number of halogens is 3. The molecule has 0 spiro atoms. The summed E-state index contributed by atoms with van der Waals surface area (Å²) < 4.78 is 5.45. The van der Waals surface area contributed by atoms with Crippen LogP contribution < -0.4 is 4.74 Å². The molecule has 1 aromatic carbocycles. The van der Waals surface area contributed by atoms with E-state index in [1.165, 1.54) is 6.07 Å². The van der Waals surface area contributed by atoms with E-state index in [-0.39, 0.29) is 0 Å². The molecule has 15 heavy (non-hydrogen) atoms. The molecular formula is C10H9Cl3O2. The lowest BCUT2D eigenvalue weighted by molar-refractivity contribution is 0.167. The van der Waals surface area contributed by atoms with Crippen molar-refractivity contribution in [3.8, 4) is 5.75 Å². The van der Waals surface area contributed by atoms with Gasteiger partial charge in [-0.05, 0) is 18.9 Å². The van der Waals surface area contributed by atoms with Crippen LogP contribution in [-0.2, 0) is 0 Å². The largest absolute Gasteiger partial charge is 0.492 e. The predicted molar refractivity (Wildman–Crippen MR) is 61.2 cm³/mol. The molecular weight excluding hydrogens is 258 g/mol. The zero-order valence-corrected chi connectivity index (χ0v) is 10.0. The van der Waals surface area contributed by atoms with Crippen LogP contribution in [0.4, 0.5) is 0 Å². The van der Waals surface area contributed by atoms with E-state index >= 15 is 0 Å². The fourth-order valence-electron chi connectivity index (χ4n) is 1.64. The molecule has 1 aromatic rings. The minimum Gasteiger partial charge on any atom is -0.492 e. The standard InChI is InChI=1S/C10H9Cl3O2/c11-5-4-6(12)10-8(9(5)13)7(14)2-1-3-15-10/h4,7,14H,1-3H2/t7-/m1/s1. The summed E-state index contributed by atoms with van der Waals surface area (Å²) >= 11 is 17.9. The average Bonchev–Trinajstić information content (AvgIpc) is 2.37. The molecule has 82 valence electrons. The Hall–Kier alpha value is -0.150. The van der Waals surface area contributed by atoms with Gasteiger partial charge in [-0.3, -0.25) is 0 Å². The van der Waals surface area contributed by atoms with Crippen molar-refractivity contribution in [2.75, 3.05) is 6.61 Å². The monoisotopic (exact) mass is 266 g/mol. The highest BCUT2D eigenvalue weighted by Gasteiger charge is 2.24. The highest BCUT2D eigenvalue weighted by molar-refractivity contribution is 6.44. The van der Waals surface area contributed by atoms with Gasteiger partial charge in [0.05, 0.1) is 27.8 Å². The van der Waals surface area contributed by atoms with Crippen LogP contribution in [0.15, 0.2) is 6.07 Å². The summed E-state index contributed by atoms with van der Waals surface area (Å²) in [5, 5.41) is 10.9. The summed E-state index contributed by atoms with van der Waals surface area (Å²) in [4.78, 5) is 0. The van der Waals surface area contributed by atoms with E-state index in [2.05, 4.69) is 0 Å². The maximum absolute atomic E-state index is 9.89. The lowest BCUT2D eigenvalue weighted by Gasteiger charge is -2.15. The number of benzene rings is 1. The van der Waals surface area contributed by atoms with Crippen molar-refractivity contribution in [1.82, 2.24) is 0 Å². The predicted octanol–water partition coefficient (Wildman–Crippen LogP) is 3.85. The van der Waals surface area contributed by atoms with E-state index < -0.39 is 6.10 Å². The zero-order chi connectivity index (χ0) is 11.0. The third-order valence-corrected chi connectivity index (χ3v) is 3.45. The summed E-state index contributed by atoms with van der Waals surface area (Å²) in [6.45, 7) is 0.530. The third-order valence-electron chi connectivity index (χ3n) is 2.36. The maximum atomic E-state index is 9.89. The number of hydrogen-bond acceptors (Lipinski definition) is 2. The van der Waals surface area contributed by atoms with Gasteiger partial charge in [0.2, 0.25) is 0 Å². The van der Waals surface area contributed by atoms with E-state index in [4.69, 9.17) is 39.5 Å². The lowest BCUT2D eigenvalue weighted by Crippen LogP contribution is -1.99. The molecule has 0 saturated carbocycles. The van der Waals surface area contributed by atoms with Gasteiger partial charge >= 0.3 is 0 Å². The second-order valence-electron chi connectivity index (χ2n) is 3.40. The Bertz CT molecular complexity index is 393. The molecule has 1 heterocycles. The minimum atomic E-state index is -0.661. The first-order chi connectivity index (χ1) is 7.11. The van der Waals surface area contributed by atoms with Crippen molar-refractivity contribution in [1.29, 1.82) is 0 Å². The molecule has 0 saturated heterocycles. The molecule has 0 bridgehead atoms. The summed E-state index contributed by atoms with van der Waals surface area (Å²) in [5.41, 5.74) is 0.506. The Morgan fingerprint density at radius 3 is 2.73 bits per heavy atom. The minimum absolute atomic E-state index is 0.325. The Kier molecular flexibility index (Phi) is 3.31. The Labute approximate surface area is 103 Å². The smallest absolute Gasteiger partial charge is 0.145 e. The second-order valence-corrected chi connectivity index (χ2v) is 4.60. The van der Waals surface area contributed by atoms with Crippen LogP contribution in [0, 0.1) is 0 Å². The summed E-state index contributed by atoms with van der Waals surface area (Å²) in [7, 11) is 0. The first-order valence-corrected chi connectivity index (χ1v) is 5.73. The SMILES string of the molecule is O[C@@H]1CCCOc2c(Cl)cc(Cl)c(Cl)c21. The molecule has 1 N–H and O–H groups in total. The van der Waals surface area contributed by atoms with E-state index in [1.54, 1.807) is 0 Å². The topological polar surface area (TPSA) is 29.5 Å². The van der Waals surface area contributed by atoms with Crippen molar-refractivity contribution in [2.45, 2.75) is 18.9 Å². The molecule has 0 fully saturated rings. The van der Waals surface area contributed by atoms with Crippen LogP contribution in [0.2, 0.25) is 15.1 Å². The van der Waals surface area contributed by atoms with Gasteiger partial charge in [0.1, 0.15) is 5.75 Å². The molecule has 1 atom stereocenters. The second kappa shape index (κ2) is 4.38. The molecule has 0 radical (unpaired) electrons. The highest BCUT2D eigenvalue weighted by atomic mass is 35.5. The van der Waals surface area contributed by atoms with Crippen molar-refractivity contribution in [3.05, 3.63) is 26.7 Å². The maximum Gasteiger partial charge on any atom is 0.145 e. The number of aliphatic hydroxyl groups is 1. The molecule has 0 aliphatic carbocycles. The van der Waals surface area contributed by atoms with Crippen LogP contribution in [0.5, 0.6) is 5.75 Å². The lowest BCUT2D eigenvalue weighted by atomic mass is 10.1. The van der Waals surface area contributed by atoms with Crippen LogP contribution >= 0.6 is 34.8 Å². The highest BCUT2D eigenvalue weighted by Crippen LogP contribution is 2.44. The third kappa shape index (κ3) is 2.04. The first-order valence-electron chi connectivity index (χ1n) is 4.59. The van der Waals surface area contributed by atoms with Crippen LogP contribution in [0.25, 0.3) is 0 Å². The summed E-state index contributed by atoms with van der Waals surface area (Å²) in [6.07, 6.45) is 0.704. The number of aliphatic hydroxyl groups excluding tert-OH is 1. The van der Waals surface area contributed by atoms with E-state index in [0.717, 1.165) is 6.42 Å². The molecule has 0 amide bonds. The fraction of sp³-hybridized carbons (Fsp3) is 0.400. The van der Waals surface area contributed by atoms with Crippen LogP contribution in [0.3, 0.4) is 0 Å². The van der Waals surface area contributed by atoms with Gasteiger partial charge in [0.15, 0.2) is 0 Å². The molecule has 2 rings (SSSR count). The van der Waals surface area contributed by atoms with Crippen molar-refractivity contribution < 1.29 is 9.84 Å². The van der Waals surface area contributed by atoms with E-state index in [1.807, 2.05) is 0 Å². The first kappa shape index (κ1) is 11.3. The average molecular weight is 268 g/mol. The van der Waals surface area contributed by atoms with Crippen LogP contribution in [0.1, 0.15) is 24.5 Å². The molecule has 0 unspecified atom stereocenters. The number of hydrogen-bond donors (Lipinski definition) is 1. The van der Waals surface area contributed by atoms with Gasteiger partial charge in [-0.1, -0.05) is 34.8 Å². The zero-order valence-electron chi connectivity index (χ0n) is 7.77. The molecule has 5 heteroatoms. The number of rotatable bonds is 0. The van der Waals surface area contributed by atoms with Gasteiger partial charge in [-0.2, -0.15) is 0 Å². The summed E-state index contributed by atoms with van der Waals surface area (Å²) in [5.74, 6) is 0.455. The fourth-order valence-corrected chi connectivity index (χ4v) is 2.44. The Morgan fingerprint density at radius 1 is 1.27 bits per heavy atom. The van der Waals surface area contributed by atoms with Gasteiger partial charge in [0.25, 0.3) is 0 Å². The van der Waals surface area contributed by atoms with E-state index in [0.29, 0.717) is 39.4 Å². The van der Waals surface area contributed by atoms with Crippen molar-refractivity contribution in [2.24, 2.45) is 0 Å². The molecule has 1 aliphatic heterocycles. The van der Waals surface area contributed by atoms with Gasteiger partial charge in [0, 0.05) is 5.56 Å².